The van der Waals surface area contributed by atoms with E-state index in [2.05, 4.69) is 9.47 Å². The van der Waals surface area contributed by atoms with Crippen molar-refractivity contribution < 1.29 is 124 Å². The van der Waals surface area contributed by atoms with Crippen molar-refractivity contribution in [1.29, 1.82) is 0 Å². The summed E-state index contributed by atoms with van der Waals surface area (Å²) in [5, 5.41) is -10.5. The third kappa shape index (κ3) is 26.5. The Balaban J connectivity index is 0.000000194. The first kappa shape index (κ1) is 94.2. The highest BCUT2D eigenvalue weighted by Gasteiger charge is 2.63. The molecule has 11 aromatic carbocycles. The van der Waals surface area contributed by atoms with Crippen molar-refractivity contribution in [2.75, 3.05) is 12.9 Å². The molecule has 0 bridgehead atoms. The number of benzene rings is 11. The lowest BCUT2D eigenvalue weighted by atomic mass is 10.00. The highest BCUT2D eigenvalue weighted by Crippen LogP contribution is 2.51. The summed E-state index contributed by atoms with van der Waals surface area (Å²) < 4.78 is 297. The van der Waals surface area contributed by atoms with Gasteiger partial charge in [-0.1, -0.05) is 91.0 Å². The first-order valence-corrected chi connectivity index (χ1v) is 44.0. The summed E-state index contributed by atoms with van der Waals surface area (Å²) in [6.07, 6.45) is -14.1. The minimum atomic E-state index is -6.70. The molecule has 13 nitrogen and oxygen atoms in total. The van der Waals surface area contributed by atoms with E-state index >= 15 is 0 Å². The van der Waals surface area contributed by atoms with Crippen LogP contribution in [0.15, 0.2) is 317 Å². The number of rotatable bonds is 15. The van der Waals surface area contributed by atoms with Gasteiger partial charge in [0, 0.05) is 26.6 Å². The summed E-state index contributed by atoms with van der Waals surface area (Å²) in [6.45, 7) is -1.81. The number of alkyl halides is 12. The Hall–Kier alpha value is -6.99. The Kier molecular flexibility index (Phi) is 33.4. The molecule has 602 valence electrons. The lowest BCUT2D eigenvalue weighted by molar-refractivity contribution is -0.248. The summed E-state index contributed by atoms with van der Waals surface area (Å²) in [5.41, 5.74) is -0.845. The molecule has 0 aromatic heterocycles. The predicted molar refractivity (Wildman–Crippen MR) is 427 cm³/mol. The molecule has 0 aliphatic carbocycles. The molecule has 0 saturated carbocycles. The van der Waals surface area contributed by atoms with Crippen LogP contribution in [-0.4, -0.2) is 86.5 Å². The second kappa shape index (κ2) is 40.4. The lowest BCUT2D eigenvalue weighted by Crippen LogP contribution is -2.52. The first-order chi connectivity index (χ1) is 53.1. The predicted octanol–water partition coefficient (Wildman–Crippen LogP) is 20.7. The van der Waals surface area contributed by atoms with E-state index in [1.54, 1.807) is 95.4 Å². The van der Waals surface area contributed by atoms with Crippen molar-refractivity contribution in [3.05, 3.63) is 333 Å². The van der Waals surface area contributed by atoms with Gasteiger partial charge in [0.15, 0.2) is 70.9 Å². The highest BCUT2D eigenvalue weighted by atomic mass is 127. The van der Waals surface area contributed by atoms with Crippen LogP contribution in [0.4, 0.5) is 65.9 Å². The Morgan fingerprint density at radius 2 is 0.842 bits per heavy atom. The standard InChI is InChI=1S/C19H14F3S.C19H13F2S.C18H12F3S.C10H6F5IO5S.C9H5F2I3O5S.CH4O3S/c20-19(21,22)15-8-7-13-18(14-15)23(16-9-3-1-4-10-16)17-11-5-2-6-12-17;20-19(21)15-10-4-6-12-17(15)22(14-8-2-1-3-9-14)18-13-7-5-11-16(18)19;19-13-1-7-16(8-2-13)22(17-9-3-14(20)4-10-17)18-11-5-15(21)6-12-18;11-9(12,13)8(10(14,15)22(18,19)20)21-7(17)5-2-1-3-6(16)4-5;10-9(11,20(16,17)18)3-19-8(15)5-1-4(12)2-6(13)7(5)14;1-5(2,3)4/h1-14H;1-13H;1-12H;1-4,8H,(H,18,19,20);1-2H,3H2,(H,16,17,18);1H3,(H,2,3,4)/q3*+1;;;/p-3. The fraction of sp³-hybridized carbons (Fsp3) is 0.105. The fourth-order valence-electron chi connectivity index (χ4n) is 9.57. The molecule has 38 heteroatoms. The number of carbonyl (C=O) groups excluding carboxylic acids is 2. The van der Waals surface area contributed by atoms with Crippen molar-refractivity contribution in [3.63, 3.8) is 0 Å². The van der Waals surface area contributed by atoms with Crippen LogP contribution in [-0.2, 0) is 84.6 Å². The molecule has 114 heavy (non-hydrogen) atoms. The molecule has 0 fully saturated rings. The zero-order valence-corrected chi connectivity index (χ0v) is 70.7. The van der Waals surface area contributed by atoms with Crippen LogP contribution in [0.3, 0.4) is 0 Å². The molecular formula is C76H51F15I4O13S6. The Bertz CT molecular complexity index is 5270. The van der Waals surface area contributed by atoms with Gasteiger partial charge in [-0.15, -0.1) is 0 Å². The van der Waals surface area contributed by atoms with Crippen LogP contribution < -0.4 is 0 Å². The number of hydrogen-bond acceptors (Lipinski definition) is 13. The number of carbonyl (C=O) groups is 2. The Labute approximate surface area is 706 Å². The largest absolute Gasteiger partial charge is 0.748 e. The van der Waals surface area contributed by atoms with E-state index in [4.69, 9.17) is 13.0 Å². The van der Waals surface area contributed by atoms with E-state index in [-0.39, 0.29) is 34.1 Å². The van der Waals surface area contributed by atoms with Crippen molar-refractivity contribution in [2.45, 2.75) is 78.9 Å². The monoisotopic (exact) mass is 2160 g/mol. The van der Waals surface area contributed by atoms with Gasteiger partial charge in [-0.05, 0) is 266 Å². The summed E-state index contributed by atoms with van der Waals surface area (Å²) in [4.78, 5) is 31.0. The van der Waals surface area contributed by atoms with E-state index in [0.29, 0.717) is 25.4 Å². The third-order valence-corrected chi connectivity index (χ3v) is 27.4. The summed E-state index contributed by atoms with van der Waals surface area (Å²) >= 11 is 7.41. The molecule has 1 heterocycles. The molecule has 1 atom stereocenters. The average Bonchev–Trinajstić information content (AvgIpc) is 0.714. The number of hydrogen-bond donors (Lipinski definition) is 0. The molecular weight excluding hydrogens is 2110 g/mol. The van der Waals surface area contributed by atoms with Crippen LogP contribution in [0.25, 0.3) is 0 Å². The maximum atomic E-state index is 14.9. The van der Waals surface area contributed by atoms with E-state index < -0.39 is 128 Å². The second-order valence-corrected chi connectivity index (χ2v) is 37.9. The van der Waals surface area contributed by atoms with Gasteiger partial charge >= 0.3 is 40.7 Å². The van der Waals surface area contributed by atoms with Gasteiger partial charge in [0.25, 0.3) is 6.10 Å². The van der Waals surface area contributed by atoms with Gasteiger partial charge in [-0.3, -0.25) is 0 Å². The summed E-state index contributed by atoms with van der Waals surface area (Å²) in [7, 11) is -18.1. The van der Waals surface area contributed by atoms with Crippen LogP contribution in [0, 0.1) is 31.7 Å². The van der Waals surface area contributed by atoms with Crippen LogP contribution in [0.1, 0.15) is 37.4 Å². The minimum Gasteiger partial charge on any atom is -0.748 e. The van der Waals surface area contributed by atoms with E-state index in [1.165, 1.54) is 66.7 Å². The topological polar surface area (TPSA) is 224 Å². The molecule has 0 amide bonds. The van der Waals surface area contributed by atoms with E-state index in [9.17, 15) is 101 Å². The average molecular weight is 2160 g/mol. The fourth-order valence-corrected chi connectivity index (χ4v) is 19.8. The molecule has 0 saturated heterocycles. The Morgan fingerprint density at radius 3 is 1.25 bits per heavy atom. The number of ether oxygens (including phenoxy) is 2. The lowest BCUT2D eigenvalue weighted by Gasteiger charge is -2.29. The molecule has 1 unspecified atom stereocenters. The second-order valence-electron chi connectivity index (χ2n) is 22.8. The van der Waals surface area contributed by atoms with Gasteiger partial charge in [-0.25, -0.2) is 48.0 Å². The quantitative estimate of drug-likeness (QED) is 0.0233. The maximum Gasteiger partial charge on any atom is 0.432 e. The van der Waals surface area contributed by atoms with Crippen molar-refractivity contribution in [3.8, 4) is 0 Å². The van der Waals surface area contributed by atoms with E-state index in [0.717, 1.165) is 57.4 Å². The Morgan fingerprint density at radius 1 is 0.456 bits per heavy atom. The first-order valence-electron chi connectivity index (χ1n) is 31.4. The van der Waals surface area contributed by atoms with Gasteiger partial charge in [-0.2, -0.15) is 52.7 Å². The zero-order valence-electron chi connectivity index (χ0n) is 57.2. The number of halogens is 19. The van der Waals surface area contributed by atoms with Crippen LogP contribution in [0.5, 0.6) is 0 Å². The minimum absolute atomic E-state index is 0.0287. The molecule has 1 aliphatic rings. The van der Waals surface area contributed by atoms with Crippen LogP contribution in [0.2, 0.25) is 0 Å². The van der Waals surface area contributed by atoms with Gasteiger partial charge < -0.3 is 23.1 Å². The van der Waals surface area contributed by atoms with Gasteiger partial charge in [0.2, 0.25) is 0 Å². The van der Waals surface area contributed by atoms with Crippen molar-refractivity contribution in [1.82, 2.24) is 0 Å². The maximum absolute atomic E-state index is 14.9. The van der Waals surface area contributed by atoms with Crippen molar-refractivity contribution >= 4 is 165 Å². The molecule has 11 aromatic rings. The summed E-state index contributed by atoms with van der Waals surface area (Å²) in [5.74, 6) is -6.84. The van der Waals surface area contributed by atoms with Gasteiger partial charge in [0.05, 0.1) is 59.7 Å². The SMILES string of the molecule is CS(=O)(=O)[O-].FC(F)(F)c1cccc([S+](c2ccccc2)c2ccccc2)c1.FC1(F)c2ccccc2[S+](c2ccccc2)c2ccccc21.Fc1ccc([S+](c2ccc(F)cc2)c2ccc(F)cc2)cc1.O=C(OC(C(F)(F)F)C(F)(F)S(=O)(=O)[O-])c1cccc(I)c1.O=C(OCC(F)(F)S(=O)(=O)[O-])c1cc(I)cc(I)c1I. The normalized spacial score (nSPS) is 13.0. The molecule has 0 radical (unpaired) electrons. The molecule has 12 rings (SSSR count). The number of esters is 2. The molecule has 1 aliphatic heterocycles. The highest BCUT2D eigenvalue weighted by molar-refractivity contribution is 14.1. The summed E-state index contributed by atoms with van der Waals surface area (Å²) in [6, 6.07) is 75.0. The van der Waals surface area contributed by atoms with Gasteiger partial charge in [0.1, 0.15) is 28.3 Å². The number of fused-ring (bicyclic) bond motifs is 2. The smallest absolute Gasteiger partial charge is 0.432 e. The van der Waals surface area contributed by atoms with Crippen LogP contribution >= 0.6 is 90.4 Å². The third-order valence-electron chi connectivity index (χ3n) is 14.5. The molecule has 0 N–H and O–H groups in total. The van der Waals surface area contributed by atoms with E-state index in [1.807, 2.05) is 183 Å². The molecule has 0 spiro atoms. The van der Waals surface area contributed by atoms with Crippen molar-refractivity contribution in [2.24, 2.45) is 0 Å². The zero-order chi connectivity index (χ0) is 84.5.